The van der Waals surface area contributed by atoms with Crippen LogP contribution in [0, 0.1) is 12.7 Å². The first-order chi connectivity index (χ1) is 11.1. The van der Waals surface area contributed by atoms with Crippen LogP contribution in [0.25, 0.3) is 5.52 Å². The molecule has 0 aliphatic carbocycles. The maximum atomic E-state index is 13.1. The van der Waals surface area contributed by atoms with Crippen LogP contribution in [0.15, 0.2) is 42.7 Å². The van der Waals surface area contributed by atoms with Crippen LogP contribution < -0.4 is 4.90 Å². The Balaban J connectivity index is 1.68. The predicted octanol–water partition coefficient (Wildman–Crippen LogP) is 3.56. The van der Waals surface area contributed by atoms with E-state index in [9.17, 15) is 4.39 Å². The standard InChI is InChI=1S/C18H19FN4/c1-12-9-17-18(20-7-8-23(17)21-12)22-11-15(10-13(22)2)14-3-5-16(19)6-4-14/h3-9,13,15H,10-11H2,1-2H3. The highest BCUT2D eigenvalue weighted by atomic mass is 19.1. The number of anilines is 1. The van der Waals surface area contributed by atoms with E-state index >= 15 is 0 Å². The molecule has 3 aromatic rings. The van der Waals surface area contributed by atoms with Crippen LogP contribution in [0.4, 0.5) is 10.2 Å². The maximum absolute atomic E-state index is 13.1. The van der Waals surface area contributed by atoms with Gasteiger partial charge in [-0.3, -0.25) is 0 Å². The molecule has 4 rings (SSSR count). The molecule has 1 aliphatic heterocycles. The molecule has 0 radical (unpaired) electrons. The van der Waals surface area contributed by atoms with Crippen LogP contribution in [-0.4, -0.2) is 27.2 Å². The number of aromatic nitrogens is 3. The quantitative estimate of drug-likeness (QED) is 0.725. The van der Waals surface area contributed by atoms with E-state index in [1.807, 2.05) is 29.8 Å². The average molecular weight is 310 g/mol. The Kier molecular flexibility index (Phi) is 3.29. The number of hydrogen-bond acceptors (Lipinski definition) is 3. The summed E-state index contributed by atoms with van der Waals surface area (Å²) in [4.78, 5) is 6.94. The summed E-state index contributed by atoms with van der Waals surface area (Å²) in [5.41, 5.74) is 3.22. The lowest BCUT2D eigenvalue weighted by Gasteiger charge is -2.23. The minimum Gasteiger partial charge on any atom is -0.351 e. The molecule has 2 aromatic heterocycles. The van der Waals surface area contributed by atoms with Crippen molar-refractivity contribution in [1.82, 2.24) is 14.6 Å². The number of fused-ring (bicyclic) bond motifs is 1. The van der Waals surface area contributed by atoms with E-state index in [1.165, 1.54) is 5.56 Å². The lowest BCUT2D eigenvalue weighted by molar-refractivity contribution is 0.625. The Morgan fingerprint density at radius 1 is 1.22 bits per heavy atom. The van der Waals surface area contributed by atoms with Crippen molar-refractivity contribution in [2.45, 2.75) is 32.2 Å². The molecule has 1 aromatic carbocycles. The van der Waals surface area contributed by atoms with E-state index in [4.69, 9.17) is 0 Å². The van der Waals surface area contributed by atoms with E-state index in [0.29, 0.717) is 12.0 Å². The topological polar surface area (TPSA) is 33.4 Å². The zero-order valence-corrected chi connectivity index (χ0v) is 13.3. The zero-order chi connectivity index (χ0) is 16.0. The molecule has 0 spiro atoms. The van der Waals surface area contributed by atoms with Crippen molar-refractivity contribution in [3.05, 3.63) is 59.8 Å². The van der Waals surface area contributed by atoms with Crippen LogP contribution in [0.3, 0.4) is 0 Å². The van der Waals surface area contributed by atoms with E-state index in [1.54, 1.807) is 18.3 Å². The van der Waals surface area contributed by atoms with Gasteiger partial charge in [0, 0.05) is 30.9 Å². The third-order valence-corrected chi connectivity index (χ3v) is 4.68. The number of nitrogens with zero attached hydrogens (tertiary/aromatic N) is 4. The molecule has 0 amide bonds. The minimum atomic E-state index is -0.183. The molecule has 1 fully saturated rings. The Bertz CT molecular complexity index is 840. The highest BCUT2D eigenvalue weighted by Gasteiger charge is 2.32. The van der Waals surface area contributed by atoms with Gasteiger partial charge in [-0.1, -0.05) is 12.1 Å². The van der Waals surface area contributed by atoms with Gasteiger partial charge in [-0.25, -0.2) is 13.9 Å². The van der Waals surface area contributed by atoms with Crippen LogP contribution >= 0.6 is 0 Å². The summed E-state index contributed by atoms with van der Waals surface area (Å²) in [6, 6.07) is 9.34. The molecule has 2 unspecified atom stereocenters. The molecule has 4 nitrogen and oxygen atoms in total. The fourth-order valence-corrected chi connectivity index (χ4v) is 3.55. The maximum Gasteiger partial charge on any atom is 0.154 e. The van der Waals surface area contributed by atoms with Gasteiger partial charge in [-0.15, -0.1) is 0 Å². The molecule has 0 bridgehead atoms. The molecule has 1 aliphatic rings. The van der Waals surface area contributed by atoms with Crippen LogP contribution in [0.2, 0.25) is 0 Å². The Morgan fingerprint density at radius 3 is 2.78 bits per heavy atom. The molecule has 0 saturated carbocycles. The third kappa shape index (κ3) is 2.46. The summed E-state index contributed by atoms with van der Waals surface area (Å²) in [5.74, 6) is 1.19. The van der Waals surface area contributed by atoms with E-state index in [2.05, 4.69) is 28.0 Å². The van der Waals surface area contributed by atoms with Crippen LogP contribution in [0.5, 0.6) is 0 Å². The summed E-state index contributed by atoms with van der Waals surface area (Å²) in [5, 5.41) is 4.47. The summed E-state index contributed by atoms with van der Waals surface area (Å²) in [6.45, 7) is 5.10. The number of benzene rings is 1. The molecule has 1 saturated heterocycles. The summed E-state index contributed by atoms with van der Waals surface area (Å²) in [7, 11) is 0. The lowest BCUT2D eigenvalue weighted by Crippen LogP contribution is -2.28. The van der Waals surface area contributed by atoms with Crippen molar-refractivity contribution in [3.63, 3.8) is 0 Å². The van der Waals surface area contributed by atoms with Gasteiger partial charge >= 0.3 is 0 Å². The van der Waals surface area contributed by atoms with Crippen LogP contribution in [0.1, 0.15) is 30.5 Å². The van der Waals surface area contributed by atoms with E-state index in [0.717, 1.165) is 30.0 Å². The Morgan fingerprint density at radius 2 is 2.00 bits per heavy atom. The molecule has 5 heteroatoms. The van der Waals surface area contributed by atoms with Gasteiger partial charge in [0.2, 0.25) is 0 Å². The summed E-state index contributed by atoms with van der Waals surface area (Å²) >= 11 is 0. The average Bonchev–Trinajstić information content (AvgIpc) is 3.09. The fourth-order valence-electron chi connectivity index (χ4n) is 3.55. The molecular formula is C18H19FN4. The monoisotopic (exact) mass is 310 g/mol. The molecule has 23 heavy (non-hydrogen) atoms. The van der Waals surface area contributed by atoms with E-state index in [-0.39, 0.29) is 5.82 Å². The lowest BCUT2D eigenvalue weighted by atomic mass is 9.97. The smallest absolute Gasteiger partial charge is 0.154 e. The van der Waals surface area contributed by atoms with Crippen molar-refractivity contribution < 1.29 is 4.39 Å². The molecular weight excluding hydrogens is 291 g/mol. The first-order valence-electron chi connectivity index (χ1n) is 7.95. The van der Waals surface area contributed by atoms with Crippen LogP contribution in [-0.2, 0) is 0 Å². The van der Waals surface area contributed by atoms with Crippen molar-refractivity contribution in [3.8, 4) is 0 Å². The second-order valence-electron chi connectivity index (χ2n) is 6.35. The second kappa shape index (κ2) is 5.33. The third-order valence-electron chi connectivity index (χ3n) is 4.68. The summed E-state index contributed by atoms with van der Waals surface area (Å²) in [6.07, 6.45) is 4.72. The largest absolute Gasteiger partial charge is 0.351 e. The van der Waals surface area contributed by atoms with Gasteiger partial charge in [0.1, 0.15) is 11.3 Å². The molecule has 0 N–H and O–H groups in total. The number of halogens is 1. The van der Waals surface area contributed by atoms with Gasteiger partial charge in [0.25, 0.3) is 0 Å². The first-order valence-corrected chi connectivity index (χ1v) is 7.95. The Hall–Kier alpha value is -2.43. The van der Waals surface area contributed by atoms with Gasteiger partial charge in [-0.05, 0) is 44.0 Å². The van der Waals surface area contributed by atoms with Crippen molar-refractivity contribution in [2.24, 2.45) is 0 Å². The Labute approximate surface area is 134 Å². The second-order valence-corrected chi connectivity index (χ2v) is 6.35. The van der Waals surface area contributed by atoms with Gasteiger partial charge in [0.05, 0.1) is 5.69 Å². The van der Waals surface area contributed by atoms with Crippen molar-refractivity contribution in [1.29, 1.82) is 0 Å². The van der Waals surface area contributed by atoms with E-state index < -0.39 is 0 Å². The zero-order valence-electron chi connectivity index (χ0n) is 13.3. The number of hydrogen-bond donors (Lipinski definition) is 0. The normalized spacial score (nSPS) is 21.3. The van der Waals surface area contributed by atoms with Crippen molar-refractivity contribution in [2.75, 3.05) is 11.4 Å². The van der Waals surface area contributed by atoms with Gasteiger partial charge in [-0.2, -0.15) is 5.10 Å². The number of aryl methyl sites for hydroxylation is 1. The highest BCUT2D eigenvalue weighted by Crippen LogP contribution is 2.35. The van der Waals surface area contributed by atoms with Crippen molar-refractivity contribution >= 4 is 11.3 Å². The van der Waals surface area contributed by atoms with Gasteiger partial charge in [0.15, 0.2) is 5.82 Å². The highest BCUT2D eigenvalue weighted by molar-refractivity contribution is 5.70. The molecule has 3 heterocycles. The molecule has 118 valence electrons. The minimum absolute atomic E-state index is 0.183. The van der Waals surface area contributed by atoms with Gasteiger partial charge < -0.3 is 4.90 Å². The predicted molar refractivity (Wildman–Crippen MR) is 88.3 cm³/mol. The molecule has 2 atom stereocenters. The number of rotatable bonds is 2. The first kappa shape index (κ1) is 14.2. The summed E-state index contributed by atoms with van der Waals surface area (Å²) < 4.78 is 15.0. The fraction of sp³-hybridized carbons (Fsp3) is 0.333. The SMILES string of the molecule is Cc1cc2c(N3CC(c4ccc(F)cc4)CC3C)nccn2n1.